The first-order valence-electron chi connectivity index (χ1n) is 9.13. The Morgan fingerprint density at radius 1 is 1.12 bits per heavy atom. The van der Waals surface area contributed by atoms with Crippen molar-refractivity contribution < 1.29 is 9.53 Å². The van der Waals surface area contributed by atoms with Crippen molar-refractivity contribution in [2.45, 2.75) is 19.4 Å². The van der Waals surface area contributed by atoms with E-state index in [0.29, 0.717) is 13.2 Å². The Bertz CT molecular complexity index is 700. The molecule has 0 radical (unpaired) electrons. The predicted octanol–water partition coefficient (Wildman–Crippen LogP) is 3.75. The summed E-state index contributed by atoms with van der Waals surface area (Å²) in [4.78, 5) is 14.7. The molecule has 1 aliphatic heterocycles. The van der Waals surface area contributed by atoms with Gasteiger partial charge in [-0.05, 0) is 55.8 Å². The van der Waals surface area contributed by atoms with Crippen LogP contribution < -0.4 is 10.1 Å². The normalized spacial score (nSPS) is 15.6. The van der Waals surface area contributed by atoms with E-state index in [9.17, 15) is 4.79 Å². The van der Waals surface area contributed by atoms with Crippen molar-refractivity contribution in [3.05, 3.63) is 65.2 Å². The van der Waals surface area contributed by atoms with E-state index in [1.807, 2.05) is 48.5 Å². The van der Waals surface area contributed by atoms with E-state index in [1.54, 1.807) is 0 Å². The number of hydrogen-bond acceptors (Lipinski definition) is 3. The molecule has 0 aliphatic carbocycles. The summed E-state index contributed by atoms with van der Waals surface area (Å²) < 4.78 is 5.60. The monoisotopic (exact) mass is 372 g/mol. The van der Waals surface area contributed by atoms with Crippen molar-refractivity contribution in [1.29, 1.82) is 0 Å². The lowest BCUT2D eigenvalue weighted by Crippen LogP contribution is -2.41. The number of likely N-dealkylation sites (tertiary alicyclic amines) is 1. The quantitative estimate of drug-likeness (QED) is 0.752. The lowest BCUT2D eigenvalue weighted by molar-refractivity contribution is -0.126. The van der Waals surface area contributed by atoms with E-state index >= 15 is 0 Å². The second kappa shape index (κ2) is 9.60. The average Bonchev–Trinajstić information content (AvgIpc) is 2.66. The first kappa shape index (κ1) is 18.7. The Morgan fingerprint density at radius 3 is 2.62 bits per heavy atom. The van der Waals surface area contributed by atoms with Gasteiger partial charge in [0.2, 0.25) is 5.91 Å². The van der Waals surface area contributed by atoms with Gasteiger partial charge in [-0.3, -0.25) is 9.69 Å². The molecule has 5 heteroatoms. The fraction of sp³-hybridized carbons (Fsp3) is 0.381. The first-order valence-corrected chi connectivity index (χ1v) is 9.51. The molecule has 26 heavy (non-hydrogen) atoms. The number of benzene rings is 2. The number of para-hydroxylation sites is 1. The van der Waals surface area contributed by atoms with Crippen LogP contribution in [-0.4, -0.2) is 37.0 Å². The molecule has 138 valence electrons. The molecule has 4 nitrogen and oxygen atoms in total. The van der Waals surface area contributed by atoms with Crippen molar-refractivity contribution in [2.75, 3.05) is 26.2 Å². The van der Waals surface area contributed by atoms with Crippen molar-refractivity contribution >= 4 is 17.5 Å². The summed E-state index contributed by atoms with van der Waals surface area (Å²) in [6.45, 7) is 3.79. The third-order valence-electron chi connectivity index (χ3n) is 4.67. The fourth-order valence-electron chi connectivity index (χ4n) is 3.25. The second-order valence-electron chi connectivity index (χ2n) is 6.63. The molecule has 1 amide bonds. The van der Waals surface area contributed by atoms with Crippen LogP contribution in [0.1, 0.15) is 18.4 Å². The van der Waals surface area contributed by atoms with Gasteiger partial charge < -0.3 is 10.1 Å². The van der Waals surface area contributed by atoms with Gasteiger partial charge in [0, 0.05) is 17.5 Å². The second-order valence-corrected chi connectivity index (χ2v) is 7.07. The van der Waals surface area contributed by atoms with Crippen molar-refractivity contribution in [1.82, 2.24) is 10.2 Å². The van der Waals surface area contributed by atoms with Gasteiger partial charge in [-0.15, -0.1) is 0 Å². The molecule has 0 unspecified atom stereocenters. The molecule has 3 rings (SSSR count). The zero-order valence-electron chi connectivity index (χ0n) is 14.9. The number of carbonyl (C=O) groups is 1. The number of piperidine rings is 1. The minimum Gasteiger partial charge on any atom is -0.492 e. The molecule has 0 aromatic heterocycles. The van der Waals surface area contributed by atoms with Crippen LogP contribution in [0, 0.1) is 5.92 Å². The molecule has 1 saturated heterocycles. The van der Waals surface area contributed by atoms with Crippen molar-refractivity contribution in [2.24, 2.45) is 5.92 Å². The third-order valence-corrected chi connectivity index (χ3v) is 4.90. The van der Waals surface area contributed by atoms with Crippen LogP contribution in [0.3, 0.4) is 0 Å². The predicted molar refractivity (Wildman–Crippen MR) is 104 cm³/mol. The van der Waals surface area contributed by atoms with E-state index in [2.05, 4.69) is 16.3 Å². The molecule has 0 spiro atoms. The highest BCUT2D eigenvalue weighted by Gasteiger charge is 2.24. The number of nitrogens with zero attached hydrogens (tertiary/aromatic N) is 1. The van der Waals surface area contributed by atoms with Gasteiger partial charge in [0.1, 0.15) is 12.4 Å². The van der Waals surface area contributed by atoms with Gasteiger partial charge >= 0.3 is 0 Å². The van der Waals surface area contributed by atoms with E-state index < -0.39 is 0 Å². The van der Waals surface area contributed by atoms with Crippen molar-refractivity contribution in [3.8, 4) is 5.75 Å². The summed E-state index contributed by atoms with van der Waals surface area (Å²) in [7, 11) is 0. The lowest BCUT2D eigenvalue weighted by atomic mass is 9.95. The Kier molecular flexibility index (Phi) is 6.92. The van der Waals surface area contributed by atoms with Crippen LogP contribution in [0.2, 0.25) is 5.02 Å². The maximum absolute atomic E-state index is 12.3. The van der Waals surface area contributed by atoms with Crippen LogP contribution in [-0.2, 0) is 11.3 Å². The number of carbonyl (C=O) groups excluding carboxylic acids is 1. The van der Waals surface area contributed by atoms with Crippen LogP contribution in [0.15, 0.2) is 54.6 Å². The first-order chi connectivity index (χ1) is 12.7. The maximum Gasteiger partial charge on any atom is 0.223 e. The minimum atomic E-state index is 0.0994. The van der Waals surface area contributed by atoms with Crippen LogP contribution in [0.25, 0.3) is 0 Å². The van der Waals surface area contributed by atoms with Gasteiger partial charge in [-0.25, -0.2) is 0 Å². The summed E-state index contributed by atoms with van der Waals surface area (Å²) in [5.74, 6) is 1.07. The average molecular weight is 373 g/mol. The number of amides is 1. The van der Waals surface area contributed by atoms with Gasteiger partial charge in [-0.2, -0.15) is 0 Å². The van der Waals surface area contributed by atoms with E-state index in [4.69, 9.17) is 16.3 Å². The molecule has 1 N–H and O–H groups in total. The Hall–Kier alpha value is -2.04. The number of nitrogens with one attached hydrogen (secondary N) is 1. The molecule has 0 atom stereocenters. The smallest absolute Gasteiger partial charge is 0.223 e. The summed E-state index contributed by atoms with van der Waals surface area (Å²) in [5.41, 5.74) is 1.22. The fourth-order valence-corrected chi connectivity index (χ4v) is 3.46. The molecule has 2 aromatic carbocycles. The third kappa shape index (κ3) is 5.75. The van der Waals surface area contributed by atoms with E-state index in [-0.39, 0.29) is 11.8 Å². The zero-order valence-corrected chi connectivity index (χ0v) is 15.6. The maximum atomic E-state index is 12.3. The lowest BCUT2D eigenvalue weighted by Gasteiger charge is -2.31. The SMILES string of the molecule is O=C(NCCOc1ccccc1)C1CCN(Cc2cccc(Cl)c2)CC1. The topological polar surface area (TPSA) is 41.6 Å². The molecular weight excluding hydrogens is 348 g/mol. The molecule has 1 aliphatic rings. The van der Waals surface area contributed by atoms with E-state index in [1.165, 1.54) is 5.56 Å². The number of hydrogen-bond donors (Lipinski definition) is 1. The highest BCUT2D eigenvalue weighted by atomic mass is 35.5. The highest BCUT2D eigenvalue weighted by molar-refractivity contribution is 6.30. The number of rotatable bonds is 7. The van der Waals surface area contributed by atoms with Gasteiger partial charge in [0.15, 0.2) is 0 Å². The molecule has 1 heterocycles. The van der Waals surface area contributed by atoms with Crippen LogP contribution in [0.4, 0.5) is 0 Å². The Labute approximate surface area is 160 Å². The summed E-state index contributed by atoms with van der Waals surface area (Å²) in [5, 5.41) is 3.77. The minimum absolute atomic E-state index is 0.0994. The molecule has 1 fully saturated rings. The van der Waals surface area contributed by atoms with E-state index in [0.717, 1.165) is 43.2 Å². The number of ether oxygens (including phenoxy) is 1. The van der Waals surface area contributed by atoms with Gasteiger partial charge in [0.25, 0.3) is 0 Å². The Morgan fingerprint density at radius 2 is 1.88 bits per heavy atom. The standard InChI is InChI=1S/C21H25ClN2O2/c22-19-6-4-5-17(15-19)16-24-12-9-18(10-13-24)21(25)23-11-14-26-20-7-2-1-3-8-20/h1-8,15,18H,9-14,16H2,(H,23,25). The summed E-state index contributed by atoms with van der Waals surface area (Å²) in [6.07, 6.45) is 1.79. The van der Waals surface area contributed by atoms with Gasteiger partial charge in [-0.1, -0.05) is 41.9 Å². The largest absolute Gasteiger partial charge is 0.492 e. The molecule has 0 saturated carbocycles. The summed E-state index contributed by atoms with van der Waals surface area (Å²) >= 11 is 6.05. The van der Waals surface area contributed by atoms with Gasteiger partial charge in [0.05, 0.1) is 6.54 Å². The molecule has 0 bridgehead atoms. The van der Waals surface area contributed by atoms with Crippen molar-refractivity contribution in [3.63, 3.8) is 0 Å². The number of halogens is 1. The van der Waals surface area contributed by atoms with Crippen LogP contribution >= 0.6 is 11.6 Å². The molecule has 2 aromatic rings. The Balaban J connectivity index is 1.34. The van der Waals surface area contributed by atoms with Crippen LogP contribution in [0.5, 0.6) is 5.75 Å². The summed E-state index contributed by atoms with van der Waals surface area (Å²) in [6, 6.07) is 17.6. The molecular formula is C21H25ClN2O2. The zero-order chi connectivity index (χ0) is 18.2. The highest BCUT2D eigenvalue weighted by Crippen LogP contribution is 2.20.